The van der Waals surface area contributed by atoms with E-state index >= 15 is 0 Å². The zero-order chi connectivity index (χ0) is 16.9. The molecule has 5 N–H and O–H groups in total. The molecule has 1 aliphatic carbocycles. The summed E-state index contributed by atoms with van der Waals surface area (Å²) in [6.45, 7) is 0.518. The van der Waals surface area contributed by atoms with Crippen LogP contribution in [0.15, 0.2) is 24.3 Å². The van der Waals surface area contributed by atoms with Crippen LogP contribution in [0, 0.1) is 11.3 Å². The Bertz CT molecular complexity index is 776. The molecule has 1 aromatic heterocycles. The van der Waals surface area contributed by atoms with Crippen molar-refractivity contribution in [2.24, 2.45) is 0 Å². The number of nitrogens with two attached hydrogens (primary N) is 1. The number of H-pyrrole nitrogens is 1. The standard InChI is InChI=1S/C17H20N6O/c18-10-13-15(22-23-16(13)19)6-3-9-20-17(24)21-14-8-7-11-4-1-2-5-12(11)14/h1-2,4-5,14H,3,6-9H2,(H3,19,22,23)(H2,20,21,24)/t14-/m0/s1. The van der Waals surface area contributed by atoms with Gasteiger partial charge in [0.15, 0.2) is 5.82 Å². The molecule has 7 heteroatoms. The van der Waals surface area contributed by atoms with Gasteiger partial charge in [0, 0.05) is 6.54 Å². The van der Waals surface area contributed by atoms with E-state index in [1.54, 1.807) is 0 Å². The Labute approximate surface area is 140 Å². The van der Waals surface area contributed by atoms with Crippen LogP contribution in [0.2, 0.25) is 0 Å². The quantitative estimate of drug-likeness (QED) is 0.627. The number of nitrogen functional groups attached to an aromatic ring is 1. The molecule has 0 aliphatic heterocycles. The van der Waals surface area contributed by atoms with Gasteiger partial charge in [0.25, 0.3) is 0 Å². The number of benzene rings is 1. The summed E-state index contributed by atoms with van der Waals surface area (Å²) >= 11 is 0. The molecule has 24 heavy (non-hydrogen) atoms. The molecule has 2 amide bonds. The van der Waals surface area contributed by atoms with Crippen molar-refractivity contribution in [1.29, 1.82) is 5.26 Å². The van der Waals surface area contributed by atoms with E-state index in [2.05, 4.69) is 33.0 Å². The number of amides is 2. The summed E-state index contributed by atoms with van der Waals surface area (Å²) in [5, 5.41) is 21.5. The minimum Gasteiger partial charge on any atom is -0.381 e. The third-order valence-electron chi connectivity index (χ3n) is 4.31. The number of carbonyl (C=O) groups is 1. The topological polar surface area (TPSA) is 120 Å². The lowest BCUT2D eigenvalue weighted by Gasteiger charge is -2.14. The number of hydrogen-bond acceptors (Lipinski definition) is 4. The Morgan fingerprint density at radius 3 is 3.12 bits per heavy atom. The maximum absolute atomic E-state index is 12.0. The van der Waals surface area contributed by atoms with E-state index < -0.39 is 0 Å². The Morgan fingerprint density at radius 1 is 1.46 bits per heavy atom. The number of hydrogen-bond donors (Lipinski definition) is 4. The van der Waals surface area contributed by atoms with E-state index in [1.165, 1.54) is 11.1 Å². The molecule has 1 atom stereocenters. The average Bonchev–Trinajstić information content (AvgIpc) is 3.15. The largest absolute Gasteiger partial charge is 0.381 e. The number of carbonyl (C=O) groups excluding carboxylic acids is 1. The maximum Gasteiger partial charge on any atom is 0.315 e. The molecule has 0 fully saturated rings. The van der Waals surface area contributed by atoms with Crippen LogP contribution in [-0.4, -0.2) is 22.8 Å². The monoisotopic (exact) mass is 324 g/mol. The van der Waals surface area contributed by atoms with Gasteiger partial charge in [-0.25, -0.2) is 4.79 Å². The molecule has 0 radical (unpaired) electrons. The first-order valence-electron chi connectivity index (χ1n) is 8.04. The number of fused-ring (bicyclic) bond motifs is 1. The number of anilines is 1. The van der Waals surface area contributed by atoms with E-state index in [0.29, 0.717) is 30.6 Å². The summed E-state index contributed by atoms with van der Waals surface area (Å²) in [4.78, 5) is 12.0. The third kappa shape index (κ3) is 3.33. The molecule has 0 bridgehead atoms. The van der Waals surface area contributed by atoms with E-state index in [9.17, 15) is 4.79 Å². The first-order valence-corrected chi connectivity index (χ1v) is 8.04. The van der Waals surface area contributed by atoms with Crippen LogP contribution in [0.1, 0.15) is 41.3 Å². The fourth-order valence-corrected chi connectivity index (χ4v) is 3.08. The lowest BCUT2D eigenvalue weighted by Crippen LogP contribution is -2.37. The van der Waals surface area contributed by atoms with Crippen molar-refractivity contribution >= 4 is 11.8 Å². The van der Waals surface area contributed by atoms with Crippen LogP contribution >= 0.6 is 0 Å². The predicted octanol–water partition coefficient (Wildman–Crippen LogP) is 1.78. The number of aromatic amines is 1. The van der Waals surface area contributed by atoms with Crippen LogP contribution < -0.4 is 16.4 Å². The fourth-order valence-electron chi connectivity index (χ4n) is 3.08. The Hall–Kier alpha value is -3.01. The molecule has 1 heterocycles. The number of urea groups is 1. The summed E-state index contributed by atoms with van der Waals surface area (Å²) in [7, 11) is 0. The van der Waals surface area contributed by atoms with E-state index in [1.807, 2.05) is 18.2 Å². The first kappa shape index (κ1) is 15.9. The smallest absolute Gasteiger partial charge is 0.315 e. The number of nitrogens with zero attached hydrogens (tertiary/aromatic N) is 2. The highest BCUT2D eigenvalue weighted by molar-refractivity contribution is 5.74. The first-order chi connectivity index (χ1) is 11.7. The molecular weight excluding hydrogens is 304 g/mol. The molecule has 1 aromatic carbocycles. The summed E-state index contributed by atoms with van der Waals surface area (Å²) < 4.78 is 0. The van der Waals surface area contributed by atoms with E-state index in [-0.39, 0.29) is 17.9 Å². The Kier molecular flexibility index (Phi) is 4.66. The van der Waals surface area contributed by atoms with Gasteiger partial charge in [-0.05, 0) is 36.8 Å². The van der Waals surface area contributed by atoms with Gasteiger partial charge in [-0.15, -0.1) is 0 Å². The Morgan fingerprint density at radius 2 is 2.29 bits per heavy atom. The van der Waals surface area contributed by atoms with Crippen LogP contribution in [-0.2, 0) is 12.8 Å². The second kappa shape index (κ2) is 7.04. The van der Waals surface area contributed by atoms with Crippen molar-refractivity contribution in [3.8, 4) is 6.07 Å². The maximum atomic E-state index is 12.0. The van der Waals surface area contributed by atoms with E-state index in [4.69, 9.17) is 11.0 Å². The summed E-state index contributed by atoms with van der Waals surface area (Å²) in [6.07, 6.45) is 3.25. The molecule has 7 nitrogen and oxygen atoms in total. The van der Waals surface area contributed by atoms with Gasteiger partial charge in [0.1, 0.15) is 11.6 Å². The second-order valence-corrected chi connectivity index (χ2v) is 5.87. The fraction of sp³-hybridized carbons (Fsp3) is 0.353. The normalized spacial score (nSPS) is 15.5. The van der Waals surface area contributed by atoms with Crippen LogP contribution in [0.5, 0.6) is 0 Å². The number of nitriles is 1. The number of aromatic nitrogens is 2. The summed E-state index contributed by atoms with van der Waals surface area (Å²) in [6, 6.07) is 10.2. The van der Waals surface area contributed by atoms with Crippen LogP contribution in [0.3, 0.4) is 0 Å². The lowest BCUT2D eigenvalue weighted by molar-refractivity contribution is 0.237. The van der Waals surface area contributed by atoms with Gasteiger partial charge in [-0.1, -0.05) is 24.3 Å². The van der Waals surface area contributed by atoms with Crippen molar-refractivity contribution in [2.75, 3.05) is 12.3 Å². The highest BCUT2D eigenvalue weighted by Crippen LogP contribution is 2.30. The molecule has 1 aliphatic rings. The van der Waals surface area contributed by atoms with Crippen molar-refractivity contribution in [3.05, 3.63) is 46.6 Å². The van der Waals surface area contributed by atoms with Gasteiger partial charge in [-0.2, -0.15) is 10.4 Å². The molecular formula is C17H20N6O. The molecule has 0 saturated heterocycles. The minimum atomic E-state index is -0.165. The van der Waals surface area contributed by atoms with Gasteiger partial charge in [0.2, 0.25) is 0 Å². The predicted molar refractivity (Wildman–Crippen MR) is 90.1 cm³/mol. The van der Waals surface area contributed by atoms with Crippen molar-refractivity contribution in [2.45, 2.75) is 31.7 Å². The minimum absolute atomic E-state index is 0.0822. The van der Waals surface area contributed by atoms with Gasteiger partial charge in [-0.3, -0.25) is 5.10 Å². The zero-order valence-electron chi connectivity index (χ0n) is 13.3. The zero-order valence-corrected chi connectivity index (χ0v) is 13.3. The van der Waals surface area contributed by atoms with E-state index in [0.717, 1.165) is 12.8 Å². The molecule has 0 saturated carbocycles. The third-order valence-corrected chi connectivity index (χ3v) is 4.31. The van der Waals surface area contributed by atoms with Crippen molar-refractivity contribution < 1.29 is 4.79 Å². The summed E-state index contributed by atoms with van der Waals surface area (Å²) in [5.74, 6) is 0.220. The molecule has 2 aromatic rings. The summed E-state index contributed by atoms with van der Waals surface area (Å²) in [5.41, 5.74) is 9.21. The van der Waals surface area contributed by atoms with Crippen molar-refractivity contribution in [3.63, 3.8) is 0 Å². The van der Waals surface area contributed by atoms with Gasteiger partial charge in [0.05, 0.1) is 11.7 Å². The van der Waals surface area contributed by atoms with Crippen LogP contribution in [0.25, 0.3) is 0 Å². The van der Waals surface area contributed by atoms with Crippen LogP contribution in [0.4, 0.5) is 10.6 Å². The van der Waals surface area contributed by atoms with Gasteiger partial charge >= 0.3 is 6.03 Å². The molecule has 0 spiro atoms. The highest BCUT2D eigenvalue weighted by Gasteiger charge is 2.23. The molecule has 124 valence electrons. The van der Waals surface area contributed by atoms with Gasteiger partial charge < -0.3 is 16.4 Å². The number of nitrogens with one attached hydrogen (secondary N) is 3. The molecule has 0 unspecified atom stereocenters. The average molecular weight is 324 g/mol. The number of rotatable bonds is 5. The highest BCUT2D eigenvalue weighted by atomic mass is 16.2. The second-order valence-electron chi connectivity index (χ2n) is 5.87. The lowest BCUT2D eigenvalue weighted by atomic mass is 10.1. The SMILES string of the molecule is N#Cc1c(N)n[nH]c1CCCNC(=O)N[C@H]1CCc2ccccc21. The Balaban J connectivity index is 1.43. The molecule has 3 rings (SSSR count). The number of aryl methyl sites for hydroxylation is 2. The van der Waals surface area contributed by atoms with Crippen molar-refractivity contribution in [1.82, 2.24) is 20.8 Å².